The van der Waals surface area contributed by atoms with Crippen LogP contribution < -0.4 is 14.2 Å². The van der Waals surface area contributed by atoms with Gasteiger partial charge < -0.3 is 19.3 Å². The molecule has 5 nitrogen and oxygen atoms in total. The highest BCUT2D eigenvalue weighted by Crippen LogP contribution is 2.28. The topological polar surface area (TPSA) is 65.0 Å². The number of carbonyl (C=O) groups is 1. The van der Waals surface area contributed by atoms with E-state index in [-0.39, 0.29) is 12.2 Å². The van der Waals surface area contributed by atoms with Crippen molar-refractivity contribution in [2.24, 2.45) is 0 Å². The second-order valence-corrected chi connectivity index (χ2v) is 5.09. The number of methoxy groups -OCH3 is 1. The lowest BCUT2D eigenvalue weighted by molar-refractivity contribution is 0.0696. The zero-order chi connectivity index (χ0) is 16.8. The molecule has 0 fully saturated rings. The summed E-state index contributed by atoms with van der Waals surface area (Å²) in [5.41, 5.74) is 2.28. The quantitative estimate of drug-likeness (QED) is 0.792. The van der Waals surface area contributed by atoms with E-state index in [0.717, 1.165) is 16.9 Å². The molecule has 0 saturated carbocycles. The first kappa shape index (κ1) is 16.7. The predicted octanol–water partition coefficient (Wildman–Crippen LogP) is 3.47. The standard InChI is InChI=1S/C18H20O5/c1-12-5-4-6-13(2)17(12)23-10-9-22-16-11-14(18(19)20)7-8-15(16)21-3/h4-8,11H,9-10H2,1-3H3,(H,19,20). The van der Waals surface area contributed by atoms with E-state index in [4.69, 9.17) is 19.3 Å². The van der Waals surface area contributed by atoms with Crippen molar-refractivity contribution in [3.05, 3.63) is 53.1 Å². The summed E-state index contributed by atoms with van der Waals surface area (Å²) in [6.07, 6.45) is 0. The van der Waals surface area contributed by atoms with Crippen LogP contribution in [-0.2, 0) is 0 Å². The highest BCUT2D eigenvalue weighted by molar-refractivity contribution is 5.88. The van der Waals surface area contributed by atoms with Gasteiger partial charge >= 0.3 is 5.97 Å². The van der Waals surface area contributed by atoms with Crippen LogP contribution in [0.2, 0.25) is 0 Å². The van der Waals surface area contributed by atoms with Crippen LogP contribution in [0.5, 0.6) is 17.2 Å². The maximum Gasteiger partial charge on any atom is 0.335 e. The SMILES string of the molecule is COc1ccc(C(=O)O)cc1OCCOc1c(C)cccc1C. The highest BCUT2D eigenvalue weighted by atomic mass is 16.5. The van der Waals surface area contributed by atoms with Gasteiger partial charge in [-0.2, -0.15) is 0 Å². The first-order chi connectivity index (χ1) is 11.0. The van der Waals surface area contributed by atoms with Crippen LogP contribution in [0.15, 0.2) is 36.4 Å². The number of carboxylic acids is 1. The predicted molar refractivity (Wildman–Crippen MR) is 86.9 cm³/mol. The Bertz CT molecular complexity index is 674. The average Bonchev–Trinajstić information content (AvgIpc) is 2.53. The molecule has 122 valence electrons. The Morgan fingerprint density at radius 3 is 2.26 bits per heavy atom. The third kappa shape index (κ3) is 4.16. The Morgan fingerprint density at radius 1 is 1.00 bits per heavy atom. The summed E-state index contributed by atoms with van der Waals surface area (Å²) in [6, 6.07) is 10.5. The number of hydrogen-bond donors (Lipinski definition) is 1. The summed E-state index contributed by atoms with van der Waals surface area (Å²) in [5.74, 6) is 0.714. The first-order valence-corrected chi connectivity index (χ1v) is 7.26. The van der Waals surface area contributed by atoms with E-state index in [2.05, 4.69) is 0 Å². The zero-order valence-corrected chi connectivity index (χ0v) is 13.5. The van der Waals surface area contributed by atoms with Gasteiger partial charge in [-0.25, -0.2) is 4.79 Å². The Hall–Kier alpha value is -2.69. The number of carboxylic acid groups (broad SMARTS) is 1. The molecule has 0 aliphatic carbocycles. The number of rotatable bonds is 7. The lowest BCUT2D eigenvalue weighted by Gasteiger charge is -2.14. The maximum absolute atomic E-state index is 11.0. The molecule has 0 aliphatic rings. The number of benzene rings is 2. The molecule has 2 rings (SSSR count). The van der Waals surface area contributed by atoms with Crippen molar-refractivity contribution in [2.75, 3.05) is 20.3 Å². The van der Waals surface area contributed by atoms with Gasteiger partial charge in [0.1, 0.15) is 19.0 Å². The van der Waals surface area contributed by atoms with Gasteiger partial charge in [0.05, 0.1) is 12.7 Å². The number of para-hydroxylation sites is 1. The molecular formula is C18H20O5. The summed E-state index contributed by atoms with van der Waals surface area (Å²) in [7, 11) is 1.51. The second-order valence-electron chi connectivity index (χ2n) is 5.09. The van der Waals surface area contributed by atoms with Crippen molar-refractivity contribution in [2.45, 2.75) is 13.8 Å². The summed E-state index contributed by atoms with van der Waals surface area (Å²) in [6.45, 7) is 4.62. The molecule has 0 amide bonds. The fourth-order valence-electron chi connectivity index (χ4n) is 2.24. The number of hydrogen-bond acceptors (Lipinski definition) is 4. The fourth-order valence-corrected chi connectivity index (χ4v) is 2.24. The lowest BCUT2D eigenvalue weighted by atomic mass is 10.1. The third-order valence-corrected chi connectivity index (χ3v) is 3.41. The molecule has 0 heterocycles. The normalized spacial score (nSPS) is 10.2. The van der Waals surface area contributed by atoms with Crippen molar-refractivity contribution in [3.8, 4) is 17.2 Å². The van der Waals surface area contributed by atoms with E-state index < -0.39 is 5.97 Å². The molecule has 0 spiro atoms. The number of ether oxygens (including phenoxy) is 3. The molecule has 0 aromatic heterocycles. The molecule has 23 heavy (non-hydrogen) atoms. The second kappa shape index (κ2) is 7.54. The minimum Gasteiger partial charge on any atom is -0.493 e. The number of aryl methyl sites for hydroxylation is 2. The van der Waals surface area contributed by atoms with E-state index in [1.54, 1.807) is 6.07 Å². The van der Waals surface area contributed by atoms with Gasteiger partial charge in [-0.3, -0.25) is 0 Å². The monoisotopic (exact) mass is 316 g/mol. The van der Waals surface area contributed by atoms with E-state index in [1.165, 1.54) is 19.2 Å². The van der Waals surface area contributed by atoms with Crippen LogP contribution in [0.25, 0.3) is 0 Å². The maximum atomic E-state index is 11.0. The molecule has 0 unspecified atom stereocenters. The molecule has 5 heteroatoms. The van der Waals surface area contributed by atoms with E-state index >= 15 is 0 Å². The lowest BCUT2D eigenvalue weighted by Crippen LogP contribution is -2.11. The van der Waals surface area contributed by atoms with Gasteiger partial charge in [-0.1, -0.05) is 18.2 Å². The van der Waals surface area contributed by atoms with Gasteiger partial charge in [0.2, 0.25) is 0 Å². The van der Waals surface area contributed by atoms with Crippen molar-refractivity contribution in [3.63, 3.8) is 0 Å². The highest BCUT2D eigenvalue weighted by Gasteiger charge is 2.10. The van der Waals surface area contributed by atoms with Crippen LogP contribution in [0.3, 0.4) is 0 Å². The fraction of sp³-hybridized carbons (Fsp3) is 0.278. The zero-order valence-electron chi connectivity index (χ0n) is 13.5. The minimum atomic E-state index is -1.01. The van der Waals surface area contributed by atoms with Crippen molar-refractivity contribution in [1.29, 1.82) is 0 Å². The Morgan fingerprint density at radius 2 is 1.65 bits per heavy atom. The van der Waals surface area contributed by atoms with E-state index in [0.29, 0.717) is 18.1 Å². The molecule has 0 saturated heterocycles. The van der Waals surface area contributed by atoms with Gasteiger partial charge in [-0.15, -0.1) is 0 Å². The van der Waals surface area contributed by atoms with Crippen molar-refractivity contribution in [1.82, 2.24) is 0 Å². The first-order valence-electron chi connectivity index (χ1n) is 7.26. The average molecular weight is 316 g/mol. The van der Waals surface area contributed by atoms with Crippen LogP contribution >= 0.6 is 0 Å². The molecule has 1 N–H and O–H groups in total. The van der Waals surface area contributed by atoms with Crippen LogP contribution in [-0.4, -0.2) is 31.4 Å². The molecule has 2 aromatic carbocycles. The Labute approximate surface area is 135 Å². The summed E-state index contributed by atoms with van der Waals surface area (Å²) >= 11 is 0. The van der Waals surface area contributed by atoms with E-state index in [1.807, 2.05) is 32.0 Å². The molecule has 2 aromatic rings. The smallest absolute Gasteiger partial charge is 0.335 e. The molecular weight excluding hydrogens is 296 g/mol. The summed E-state index contributed by atoms with van der Waals surface area (Å²) in [4.78, 5) is 11.0. The van der Waals surface area contributed by atoms with Gasteiger partial charge in [-0.05, 0) is 43.2 Å². The molecule has 0 bridgehead atoms. The molecule has 0 aliphatic heterocycles. The van der Waals surface area contributed by atoms with E-state index in [9.17, 15) is 4.79 Å². The minimum absolute atomic E-state index is 0.150. The van der Waals surface area contributed by atoms with Gasteiger partial charge in [0.25, 0.3) is 0 Å². The van der Waals surface area contributed by atoms with Gasteiger partial charge in [0.15, 0.2) is 11.5 Å². The van der Waals surface area contributed by atoms with Crippen molar-refractivity contribution >= 4 is 5.97 Å². The summed E-state index contributed by atoms with van der Waals surface area (Å²) < 4.78 is 16.5. The van der Waals surface area contributed by atoms with Crippen molar-refractivity contribution < 1.29 is 24.1 Å². The molecule has 0 atom stereocenters. The van der Waals surface area contributed by atoms with Gasteiger partial charge in [0, 0.05) is 0 Å². The Kier molecular flexibility index (Phi) is 5.46. The number of aromatic carboxylic acids is 1. The third-order valence-electron chi connectivity index (χ3n) is 3.41. The summed E-state index contributed by atoms with van der Waals surface area (Å²) in [5, 5.41) is 9.03. The van der Waals surface area contributed by atoms with Crippen LogP contribution in [0.1, 0.15) is 21.5 Å². The van der Waals surface area contributed by atoms with Crippen LogP contribution in [0, 0.1) is 13.8 Å². The molecule has 0 radical (unpaired) electrons. The van der Waals surface area contributed by atoms with Crippen LogP contribution in [0.4, 0.5) is 0 Å². The largest absolute Gasteiger partial charge is 0.493 e. The Balaban J connectivity index is 1.98.